The Morgan fingerprint density at radius 3 is 2.56 bits per heavy atom. The monoisotopic (exact) mass is 479 g/mol. The predicted octanol–water partition coefficient (Wildman–Crippen LogP) is 4.54. The zero-order valence-electron chi connectivity index (χ0n) is 19.7. The number of primary amides is 1. The minimum Gasteiger partial charge on any atom is -0.439 e. The van der Waals surface area contributed by atoms with Gasteiger partial charge in [0, 0.05) is 23.3 Å². The number of carbonyl (C=O) groups excluding carboxylic acids is 1. The molecule has 8 nitrogen and oxygen atoms in total. The zero-order valence-corrected chi connectivity index (χ0v) is 19.7. The molecule has 36 heavy (non-hydrogen) atoms. The summed E-state index contributed by atoms with van der Waals surface area (Å²) in [5.74, 6) is 8.84. The molecule has 1 fully saturated rings. The molecular formula is C28H27N6O2+. The van der Waals surface area contributed by atoms with Crippen molar-refractivity contribution in [3.05, 3.63) is 90.0 Å². The Labute approximate surface area is 208 Å². The van der Waals surface area contributed by atoms with Crippen LogP contribution in [0, 0.1) is 11.8 Å². The molecule has 3 heterocycles. The van der Waals surface area contributed by atoms with Crippen molar-refractivity contribution in [3.63, 3.8) is 0 Å². The number of amidine groups is 1. The molecule has 180 valence electrons. The van der Waals surface area contributed by atoms with Gasteiger partial charge in [-0.25, -0.2) is 4.98 Å². The maximum atomic E-state index is 11.6. The zero-order chi connectivity index (χ0) is 24.7. The van der Waals surface area contributed by atoms with Gasteiger partial charge in [0.2, 0.25) is 17.5 Å². The summed E-state index contributed by atoms with van der Waals surface area (Å²) in [4.78, 5) is 25.8. The fourth-order valence-corrected chi connectivity index (χ4v) is 5.26. The normalized spacial score (nSPS) is 25.1. The molecule has 2 aliphatic heterocycles. The van der Waals surface area contributed by atoms with Gasteiger partial charge in [-0.05, 0) is 56.0 Å². The lowest BCUT2D eigenvalue weighted by Gasteiger charge is -2.28. The Morgan fingerprint density at radius 1 is 1.00 bits per heavy atom. The Bertz CT molecular complexity index is 1470. The number of nitrogens with two attached hydrogens (primary N) is 2. The summed E-state index contributed by atoms with van der Waals surface area (Å²) in [7, 11) is 0. The number of hydrogen-bond acceptors (Lipinski definition) is 6. The summed E-state index contributed by atoms with van der Waals surface area (Å²) < 4.78 is 5.90. The lowest BCUT2D eigenvalue weighted by molar-refractivity contribution is -0.750. The van der Waals surface area contributed by atoms with Crippen LogP contribution in [0.25, 0.3) is 10.9 Å². The highest BCUT2D eigenvalue weighted by atomic mass is 16.5. The van der Waals surface area contributed by atoms with E-state index in [4.69, 9.17) is 26.3 Å². The number of amides is 1. The first-order valence-electron chi connectivity index (χ1n) is 12.2. The van der Waals surface area contributed by atoms with Gasteiger partial charge < -0.3 is 10.5 Å². The summed E-state index contributed by atoms with van der Waals surface area (Å²) in [6.45, 7) is 0. The van der Waals surface area contributed by atoms with Crippen LogP contribution in [0.5, 0.6) is 11.6 Å². The molecule has 4 N–H and O–H groups in total. The number of fused-ring (bicyclic) bond motifs is 2. The number of quaternary nitrogens is 1. The number of carbonyl (C=O) groups is 1. The largest absolute Gasteiger partial charge is 0.439 e. The number of hydrogen-bond donors (Lipinski definition) is 2. The van der Waals surface area contributed by atoms with Gasteiger partial charge in [-0.3, -0.25) is 9.79 Å². The Morgan fingerprint density at radius 2 is 1.78 bits per heavy atom. The topological polar surface area (TPSA) is 116 Å². The molecule has 0 spiro atoms. The maximum Gasteiger partial charge on any atom is 0.264 e. The van der Waals surface area contributed by atoms with Crippen molar-refractivity contribution < 1.29 is 14.1 Å². The van der Waals surface area contributed by atoms with Crippen LogP contribution in [-0.4, -0.2) is 27.5 Å². The van der Waals surface area contributed by atoms with Crippen LogP contribution in [-0.2, 0) is 4.79 Å². The SMILES string of the molecule is NC(=O)C1CCC(C2=C3C=NC=C[N+]3(N)C(c3ccc4ccc(Oc5ccccc5)nc4c3)=N2)CC1. The summed E-state index contributed by atoms with van der Waals surface area (Å²) in [6.07, 6.45) is 8.59. The molecule has 1 unspecified atom stereocenters. The van der Waals surface area contributed by atoms with Crippen molar-refractivity contribution in [1.82, 2.24) is 4.98 Å². The van der Waals surface area contributed by atoms with E-state index in [1.54, 1.807) is 12.4 Å². The molecule has 3 aromatic rings. The second-order valence-electron chi connectivity index (χ2n) is 9.48. The molecule has 1 amide bonds. The highest BCUT2D eigenvalue weighted by Gasteiger charge is 2.46. The van der Waals surface area contributed by atoms with Gasteiger partial charge in [-0.15, -0.1) is 4.59 Å². The fraction of sp³-hybridized carbons (Fsp3) is 0.214. The Hall–Kier alpha value is -4.14. The van der Waals surface area contributed by atoms with E-state index < -0.39 is 0 Å². The first-order valence-corrected chi connectivity index (χ1v) is 12.2. The Balaban J connectivity index is 1.35. The maximum absolute atomic E-state index is 11.6. The summed E-state index contributed by atoms with van der Waals surface area (Å²) in [5, 5.41) is 0.996. The number of aromatic nitrogens is 1. The number of ether oxygens (including phenoxy) is 1. The number of para-hydroxylation sites is 1. The number of benzene rings is 2. The van der Waals surface area contributed by atoms with E-state index in [2.05, 4.69) is 4.99 Å². The van der Waals surface area contributed by atoms with E-state index in [9.17, 15) is 4.79 Å². The van der Waals surface area contributed by atoms with Gasteiger partial charge in [0.25, 0.3) is 5.84 Å². The van der Waals surface area contributed by atoms with Crippen LogP contribution >= 0.6 is 0 Å². The molecule has 8 heteroatoms. The molecule has 1 atom stereocenters. The second kappa shape index (κ2) is 8.82. The first kappa shape index (κ1) is 22.3. The van der Waals surface area contributed by atoms with E-state index in [1.807, 2.05) is 66.9 Å². The van der Waals surface area contributed by atoms with E-state index in [1.165, 1.54) is 0 Å². The smallest absolute Gasteiger partial charge is 0.264 e. The van der Waals surface area contributed by atoms with Crippen molar-refractivity contribution in [2.45, 2.75) is 25.7 Å². The summed E-state index contributed by atoms with van der Waals surface area (Å²) >= 11 is 0. The molecule has 1 aliphatic carbocycles. The highest BCUT2D eigenvalue weighted by molar-refractivity contribution is 6.02. The average Bonchev–Trinajstić information content (AvgIpc) is 3.22. The molecule has 0 radical (unpaired) electrons. The molecular weight excluding hydrogens is 452 g/mol. The first-order chi connectivity index (χ1) is 17.5. The molecule has 0 bridgehead atoms. The van der Waals surface area contributed by atoms with Gasteiger partial charge in [0.05, 0.1) is 23.5 Å². The number of nitrogens with zero attached hydrogens (tertiary/aromatic N) is 4. The van der Waals surface area contributed by atoms with Gasteiger partial charge in [0.15, 0.2) is 0 Å². The minimum absolute atomic E-state index is 0.0414. The average molecular weight is 480 g/mol. The third-order valence-corrected chi connectivity index (χ3v) is 7.23. The molecule has 2 aromatic carbocycles. The van der Waals surface area contributed by atoms with E-state index >= 15 is 0 Å². The van der Waals surface area contributed by atoms with Crippen LogP contribution in [0.4, 0.5) is 0 Å². The van der Waals surface area contributed by atoms with Gasteiger partial charge in [0.1, 0.15) is 17.6 Å². The number of aliphatic imine (C=N–C) groups is 2. The van der Waals surface area contributed by atoms with E-state index in [0.717, 1.165) is 65.1 Å². The van der Waals surface area contributed by atoms with Crippen LogP contribution in [0.1, 0.15) is 31.2 Å². The third kappa shape index (κ3) is 3.90. The quantitative estimate of drug-likeness (QED) is 0.413. The van der Waals surface area contributed by atoms with Crippen LogP contribution in [0.3, 0.4) is 0 Å². The predicted molar refractivity (Wildman–Crippen MR) is 139 cm³/mol. The van der Waals surface area contributed by atoms with Crippen LogP contribution in [0.2, 0.25) is 0 Å². The standard InChI is InChI=1S/C28H26N6O2/c29-27(35)20-9-7-19(8-10-20)26-24-17-31-14-15-34(24,30)28(33-26)21-11-6-18-12-13-25(32-23(18)16-21)36-22-4-2-1-3-5-22/h1-6,11-17,19-20H,7-10,30H2,(H-,29,35)/p+1. The number of rotatable bonds is 5. The van der Waals surface area contributed by atoms with Crippen LogP contribution < -0.4 is 16.3 Å². The summed E-state index contributed by atoms with van der Waals surface area (Å²) in [6, 6.07) is 19.5. The van der Waals surface area contributed by atoms with Crippen molar-refractivity contribution in [2.75, 3.05) is 0 Å². The second-order valence-corrected chi connectivity index (χ2v) is 9.48. The number of allylic oxidation sites excluding steroid dienone is 2. The molecule has 1 aromatic heterocycles. The van der Waals surface area contributed by atoms with Crippen molar-refractivity contribution >= 4 is 28.9 Å². The number of pyridine rings is 1. The summed E-state index contributed by atoms with van der Waals surface area (Å²) in [5.41, 5.74) is 9.03. The van der Waals surface area contributed by atoms with E-state index in [0.29, 0.717) is 5.88 Å². The molecule has 0 saturated heterocycles. The molecule has 6 rings (SSSR count). The highest BCUT2D eigenvalue weighted by Crippen LogP contribution is 2.41. The fourth-order valence-electron chi connectivity index (χ4n) is 5.26. The van der Waals surface area contributed by atoms with Crippen molar-refractivity contribution in [2.24, 2.45) is 33.4 Å². The van der Waals surface area contributed by atoms with Gasteiger partial charge >= 0.3 is 0 Å². The molecule has 1 saturated carbocycles. The lowest BCUT2D eigenvalue weighted by atomic mass is 9.80. The van der Waals surface area contributed by atoms with Crippen LogP contribution in [0.15, 0.2) is 94.4 Å². The molecule has 3 aliphatic rings. The van der Waals surface area contributed by atoms with Gasteiger partial charge in [-0.1, -0.05) is 24.3 Å². The van der Waals surface area contributed by atoms with E-state index in [-0.39, 0.29) is 22.3 Å². The lowest BCUT2D eigenvalue weighted by Crippen LogP contribution is -2.53. The Kier molecular flexibility index (Phi) is 5.47. The third-order valence-electron chi connectivity index (χ3n) is 7.23. The minimum atomic E-state index is -0.216. The van der Waals surface area contributed by atoms with Crippen molar-refractivity contribution in [3.8, 4) is 11.6 Å². The van der Waals surface area contributed by atoms with Gasteiger partial charge in [-0.2, -0.15) is 10.8 Å². The van der Waals surface area contributed by atoms with Crippen molar-refractivity contribution in [1.29, 1.82) is 0 Å².